The number of anilines is 1. The number of carbonyl (C=O) groups excluding carboxylic acids is 1. The summed E-state index contributed by atoms with van der Waals surface area (Å²) in [7, 11) is 0. The van der Waals surface area contributed by atoms with Crippen LogP contribution in [0.1, 0.15) is 52.4 Å². The number of H-pyrrole nitrogens is 1. The zero-order valence-electron chi connectivity index (χ0n) is 14.8. The zero-order valence-corrected chi connectivity index (χ0v) is 14.8. The largest absolute Gasteiger partial charge is 0.408 e. The van der Waals surface area contributed by atoms with E-state index in [-0.39, 0.29) is 5.91 Å². The lowest BCUT2D eigenvalue weighted by Crippen LogP contribution is -2.29. The Hall–Kier alpha value is -2.52. The van der Waals surface area contributed by atoms with E-state index < -0.39 is 18.8 Å². The number of fused-ring (bicyclic) bond motifs is 1. The Morgan fingerprint density at radius 3 is 2.81 bits per heavy atom. The molecule has 1 unspecified atom stereocenters. The van der Waals surface area contributed by atoms with E-state index >= 15 is 0 Å². The van der Waals surface area contributed by atoms with Crippen molar-refractivity contribution in [2.75, 3.05) is 11.9 Å². The molecule has 0 bridgehead atoms. The van der Waals surface area contributed by atoms with E-state index in [0.29, 0.717) is 28.5 Å². The molecule has 7 nitrogen and oxygen atoms in total. The van der Waals surface area contributed by atoms with E-state index in [1.165, 1.54) is 0 Å². The number of aryl methyl sites for hydroxylation is 1. The molecule has 0 saturated heterocycles. The average Bonchev–Trinajstić information content (AvgIpc) is 3.07. The van der Waals surface area contributed by atoms with Gasteiger partial charge in [0.25, 0.3) is 5.91 Å². The van der Waals surface area contributed by atoms with Crippen molar-refractivity contribution in [3.8, 4) is 0 Å². The lowest BCUT2D eigenvalue weighted by atomic mass is 10.0. The summed E-state index contributed by atoms with van der Waals surface area (Å²) in [5.74, 6) is 0.344. The van der Waals surface area contributed by atoms with Crippen LogP contribution in [0.15, 0.2) is 0 Å². The SMILES string of the molecule is Cc1nn(CC(F)(F)F)c(C)c1C(C)NC(=O)c1[nH]nc2c1CCCN2. The minimum absolute atomic E-state index is 0.336. The van der Waals surface area contributed by atoms with Crippen LogP contribution in [0.25, 0.3) is 0 Å². The standard InChI is InChI=1S/C16H21F3N6O/c1-8(12-9(2)24-25(10(12)3)7-16(17,18)19)21-15(26)13-11-5-4-6-20-14(11)23-22-13/h8H,4-7H2,1-3H3,(H,21,26)(H2,20,22,23). The van der Waals surface area contributed by atoms with Crippen molar-refractivity contribution >= 4 is 11.7 Å². The van der Waals surface area contributed by atoms with Crippen LogP contribution in [-0.2, 0) is 13.0 Å². The highest BCUT2D eigenvalue weighted by molar-refractivity contribution is 5.95. The lowest BCUT2D eigenvalue weighted by Gasteiger charge is -2.17. The van der Waals surface area contributed by atoms with Gasteiger partial charge < -0.3 is 10.6 Å². The van der Waals surface area contributed by atoms with E-state index in [9.17, 15) is 18.0 Å². The fourth-order valence-corrected chi connectivity index (χ4v) is 3.42. The Bertz CT molecular complexity index is 823. The topological polar surface area (TPSA) is 87.6 Å². The van der Waals surface area contributed by atoms with E-state index in [4.69, 9.17) is 0 Å². The number of carbonyl (C=O) groups is 1. The molecule has 2 aromatic heterocycles. The Kier molecular flexibility index (Phi) is 4.68. The highest BCUT2D eigenvalue weighted by atomic mass is 19.4. The summed E-state index contributed by atoms with van der Waals surface area (Å²) in [5.41, 5.74) is 2.67. The normalized spacial score (nSPS) is 15.3. The fourth-order valence-electron chi connectivity index (χ4n) is 3.42. The van der Waals surface area contributed by atoms with E-state index in [1.54, 1.807) is 20.8 Å². The third-order valence-corrected chi connectivity index (χ3v) is 4.54. The number of halogens is 3. The predicted octanol–water partition coefficient (Wildman–Crippen LogP) is 2.63. The molecular weight excluding hydrogens is 349 g/mol. The third-order valence-electron chi connectivity index (χ3n) is 4.54. The van der Waals surface area contributed by atoms with Crippen molar-refractivity contribution in [3.63, 3.8) is 0 Å². The highest BCUT2D eigenvalue weighted by Crippen LogP contribution is 2.26. The number of alkyl halides is 3. The zero-order chi connectivity index (χ0) is 19.1. The summed E-state index contributed by atoms with van der Waals surface area (Å²) in [6.07, 6.45) is -2.70. The second-order valence-corrected chi connectivity index (χ2v) is 6.51. The molecule has 142 valence electrons. The van der Waals surface area contributed by atoms with Crippen LogP contribution in [0.4, 0.5) is 19.0 Å². The molecule has 1 amide bonds. The molecule has 3 N–H and O–H groups in total. The maximum atomic E-state index is 12.7. The average molecular weight is 370 g/mol. The number of nitrogens with one attached hydrogen (secondary N) is 3. The predicted molar refractivity (Wildman–Crippen MR) is 89.0 cm³/mol. The number of amides is 1. The molecule has 3 rings (SSSR count). The van der Waals surface area contributed by atoms with Gasteiger partial charge in [0.1, 0.15) is 12.2 Å². The van der Waals surface area contributed by atoms with E-state index in [1.807, 2.05) is 0 Å². The minimum Gasteiger partial charge on any atom is -0.368 e. The Morgan fingerprint density at radius 1 is 1.38 bits per heavy atom. The second-order valence-electron chi connectivity index (χ2n) is 6.51. The molecule has 1 aliphatic rings. The van der Waals surface area contributed by atoms with Gasteiger partial charge in [-0.3, -0.25) is 14.6 Å². The van der Waals surface area contributed by atoms with E-state index in [2.05, 4.69) is 25.9 Å². The Labute approximate surface area is 148 Å². The molecule has 26 heavy (non-hydrogen) atoms. The van der Waals surface area contributed by atoms with Gasteiger partial charge in [0.2, 0.25) is 0 Å². The quantitative estimate of drug-likeness (QED) is 0.772. The minimum atomic E-state index is -4.35. The van der Waals surface area contributed by atoms with Gasteiger partial charge in [-0.15, -0.1) is 0 Å². The molecule has 0 aromatic carbocycles. The molecule has 0 fully saturated rings. The number of aromatic amines is 1. The van der Waals surface area contributed by atoms with Crippen LogP contribution < -0.4 is 10.6 Å². The first kappa shape index (κ1) is 18.3. The van der Waals surface area contributed by atoms with Crippen LogP contribution in [0.2, 0.25) is 0 Å². The van der Waals surface area contributed by atoms with Gasteiger partial charge in [-0.05, 0) is 33.6 Å². The molecular formula is C16H21F3N6O. The number of aromatic nitrogens is 4. The summed E-state index contributed by atoms with van der Waals surface area (Å²) < 4.78 is 38.9. The molecule has 1 aliphatic heterocycles. The molecule has 1 atom stereocenters. The number of hydrogen-bond acceptors (Lipinski definition) is 4. The first-order valence-electron chi connectivity index (χ1n) is 8.40. The fraction of sp³-hybridized carbons (Fsp3) is 0.562. The number of hydrogen-bond donors (Lipinski definition) is 3. The molecule has 0 aliphatic carbocycles. The van der Waals surface area contributed by atoms with Gasteiger partial charge >= 0.3 is 6.18 Å². The third kappa shape index (κ3) is 3.54. The molecule has 0 saturated carbocycles. The maximum absolute atomic E-state index is 12.7. The van der Waals surface area contributed by atoms with Gasteiger partial charge in [0, 0.05) is 23.4 Å². The van der Waals surface area contributed by atoms with E-state index in [0.717, 1.165) is 29.6 Å². The monoisotopic (exact) mass is 370 g/mol. The van der Waals surface area contributed by atoms with Crippen molar-refractivity contribution in [3.05, 3.63) is 28.2 Å². The van der Waals surface area contributed by atoms with Crippen molar-refractivity contribution in [1.29, 1.82) is 0 Å². The van der Waals surface area contributed by atoms with Crippen LogP contribution in [0.3, 0.4) is 0 Å². The van der Waals surface area contributed by atoms with Gasteiger partial charge in [0.05, 0.1) is 11.7 Å². The van der Waals surface area contributed by atoms with Gasteiger partial charge in [-0.25, -0.2) is 0 Å². The molecule has 3 heterocycles. The first-order chi connectivity index (χ1) is 12.2. The maximum Gasteiger partial charge on any atom is 0.408 e. The second kappa shape index (κ2) is 6.65. The first-order valence-corrected chi connectivity index (χ1v) is 8.40. The van der Waals surface area contributed by atoms with Crippen LogP contribution >= 0.6 is 0 Å². The van der Waals surface area contributed by atoms with Gasteiger partial charge in [-0.2, -0.15) is 23.4 Å². The van der Waals surface area contributed by atoms with Crippen LogP contribution in [0, 0.1) is 13.8 Å². The van der Waals surface area contributed by atoms with Crippen molar-refractivity contribution in [2.45, 2.75) is 52.4 Å². The summed E-state index contributed by atoms with van der Waals surface area (Å²) in [5, 5.41) is 16.8. The molecule has 0 radical (unpaired) electrons. The van der Waals surface area contributed by atoms with Crippen LogP contribution in [-0.4, -0.2) is 38.6 Å². The number of nitrogens with zero attached hydrogens (tertiary/aromatic N) is 3. The number of rotatable bonds is 4. The van der Waals surface area contributed by atoms with Crippen LogP contribution in [0.5, 0.6) is 0 Å². The molecule has 10 heteroatoms. The molecule has 2 aromatic rings. The summed E-state index contributed by atoms with van der Waals surface area (Å²) in [6.45, 7) is 4.60. The van der Waals surface area contributed by atoms with Crippen molar-refractivity contribution in [1.82, 2.24) is 25.3 Å². The summed E-state index contributed by atoms with van der Waals surface area (Å²) in [4.78, 5) is 12.6. The van der Waals surface area contributed by atoms with Crippen molar-refractivity contribution < 1.29 is 18.0 Å². The Morgan fingerprint density at radius 2 is 2.12 bits per heavy atom. The highest BCUT2D eigenvalue weighted by Gasteiger charge is 2.31. The summed E-state index contributed by atoms with van der Waals surface area (Å²) >= 11 is 0. The van der Waals surface area contributed by atoms with Gasteiger partial charge in [-0.1, -0.05) is 0 Å². The smallest absolute Gasteiger partial charge is 0.368 e. The lowest BCUT2D eigenvalue weighted by molar-refractivity contribution is -0.143. The molecule has 0 spiro atoms. The Balaban J connectivity index is 1.79. The van der Waals surface area contributed by atoms with Crippen molar-refractivity contribution in [2.24, 2.45) is 0 Å². The van der Waals surface area contributed by atoms with Gasteiger partial charge in [0.15, 0.2) is 5.82 Å². The summed E-state index contributed by atoms with van der Waals surface area (Å²) in [6, 6.07) is -0.486.